The second-order valence-corrected chi connectivity index (χ2v) is 4.37. The molecule has 0 aromatic carbocycles. The number of hydrogen-bond acceptors (Lipinski definition) is 4. The number of cyclic esters (lactones) is 1. The average Bonchev–Trinajstić information content (AvgIpc) is 2.40. The van der Waals surface area contributed by atoms with E-state index < -0.39 is 6.10 Å². The van der Waals surface area contributed by atoms with E-state index >= 15 is 0 Å². The molecule has 0 spiro atoms. The van der Waals surface area contributed by atoms with Crippen LogP contribution in [-0.2, 0) is 9.53 Å². The molecule has 1 N–H and O–H groups in total. The summed E-state index contributed by atoms with van der Waals surface area (Å²) in [5.41, 5.74) is 1.76. The Morgan fingerprint density at radius 2 is 2.28 bits per heavy atom. The molecule has 1 heterocycles. The van der Waals surface area contributed by atoms with Crippen LogP contribution < -0.4 is 0 Å². The van der Waals surface area contributed by atoms with E-state index in [9.17, 15) is 9.90 Å². The Kier molecular flexibility index (Phi) is 5.82. The van der Waals surface area contributed by atoms with E-state index in [0.29, 0.717) is 6.54 Å². The number of ether oxygens (including phenoxy) is 1. The zero-order valence-corrected chi connectivity index (χ0v) is 11.2. The van der Waals surface area contributed by atoms with Crippen LogP contribution in [0.1, 0.15) is 13.8 Å². The molecule has 4 heteroatoms. The Bertz CT molecular complexity index is 383. The van der Waals surface area contributed by atoms with Gasteiger partial charge in [0.1, 0.15) is 6.61 Å². The van der Waals surface area contributed by atoms with Gasteiger partial charge in [-0.25, -0.2) is 4.79 Å². The zero-order chi connectivity index (χ0) is 13.5. The highest BCUT2D eigenvalue weighted by Gasteiger charge is 2.14. The normalized spacial score (nSPS) is 25.9. The van der Waals surface area contributed by atoms with Gasteiger partial charge in [-0.2, -0.15) is 0 Å². The summed E-state index contributed by atoms with van der Waals surface area (Å²) in [6.07, 6.45) is 6.00. The van der Waals surface area contributed by atoms with E-state index in [-0.39, 0.29) is 12.6 Å². The molecule has 1 aliphatic heterocycles. The van der Waals surface area contributed by atoms with Crippen LogP contribution in [0.4, 0.5) is 0 Å². The Morgan fingerprint density at radius 3 is 2.94 bits per heavy atom. The van der Waals surface area contributed by atoms with Crippen LogP contribution in [-0.4, -0.2) is 48.8 Å². The van der Waals surface area contributed by atoms with Gasteiger partial charge in [-0.05, 0) is 37.7 Å². The average molecular weight is 251 g/mol. The number of aliphatic hydroxyl groups is 1. The van der Waals surface area contributed by atoms with Crippen molar-refractivity contribution < 1.29 is 14.6 Å². The molecule has 1 aliphatic rings. The maximum atomic E-state index is 11.2. The zero-order valence-electron chi connectivity index (χ0n) is 11.2. The third kappa shape index (κ3) is 4.47. The lowest BCUT2D eigenvalue weighted by atomic mass is 10.0. The fourth-order valence-electron chi connectivity index (χ4n) is 1.67. The fraction of sp³-hybridized carbons (Fsp3) is 0.500. The lowest BCUT2D eigenvalue weighted by molar-refractivity contribution is -0.136. The van der Waals surface area contributed by atoms with Crippen molar-refractivity contribution in [3.63, 3.8) is 0 Å². The van der Waals surface area contributed by atoms with Gasteiger partial charge in [-0.1, -0.05) is 19.1 Å². The molecular weight excluding hydrogens is 230 g/mol. The summed E-state index contributed by atoms with van der Waals surface area (Å²) >= 11 is 0. The predicted octanol–water partition coefficient (Wildman–Crippen LogP) is 1.28. The predicted molar refractivity (Wildman–Crippen MR) is 71.1 cm³/mol. The standard InChI is InChI=1S/C14H21NO3/c1-4-15(3)10-13(16)12-6-5-7-14(17)18-9-8-11(12)2/h5-8,13,16H,4,9-10H2,1-3H3/b7-5+,11-8+,12-6+. The first-order valence-corrected chi connectivity index (χ1v) is 6.13. The van der Waals surface area contributed by atoms with E-state index in [1.165, 1.54) is 6.08 Å². The molecule has 0 fully saturated rings. The summed E-state index contributed by atoms with van der Waals surface area (Å²) < 4.78 is 4.94. The first-order chi connectivity index (χ1) is 8.54. The molecular formula is C14H21NO3. The number of likely N-dealkylation sites (N-methyl/N-ethyl adjacent to an activating group) is 1. The highest BCUT2D eigenvalue weighted by atomic mass is 16.5. The number of rotatable bonds is 4. The van der Waals surface area contributed by atoms with Gasteiger partial charge in [0.05, 0.1) is 6.10 Å². The Balaban J connectivity index is 2.87. The number of esters is 1. The SMILES string of the molecule is CCN(C)CC(O)C1=C/C=C/C(=O)OC\C=C\1C. The number of hydrogen-bond donors (Lipinski definition) is 1. The van der Waals surface area contributed by atoms with E-state index in [2.05, 4.69) is 0 Å². The van der Waals surface area contributed by atoms with Gasteiger partial charge in [0.15, 0.2) is 0 Å². The molecule has 0 aromatic rings. The third-order valence-corrected chi connectivity index (χ3v) is 2.96. The topological polar surface area (TPSA) is 49.8 Å². The molecule has 4 nitrogen and oxygen atoms in total. The van der Waals surface area contributed by atoms with Crippen LogP contribution in [0.2, 0.25) is 0 Å². The maximum absolute atomic E-state index is 11.2. The van der Waals surface area contributed by atoms with Gasteiger partial charge < -0.3 is 14.7 Å². The van der Waals surface area contributed by atoms with Crippen LogP contribution >= 0.6 is 0 Å². The van der Waals surface area contributed by atoms with E-state index in [1.54, 1.807) is 12.2 Å². The van der Waals surface area contributed by atoms with Crippen LogP contribution in [0.15, 0.2) is 35.5 Å². The second kappa shape index (κ2) is 7.13. The Morgan fingerprint density at radius 1 is 1.56 bits per heavy atom. The summed E-state index contributed by atoms with van der Waals surface area (Å²) in [4.78, 5) is 13.2. The number of carbonyl (C=O) groups is 1. The summed E-state index contributed by atoms with van der Waals surface area (Å²) in [6, 6.07) is 0. The molecule has 0 bridgehead atoms. The number of allylic oxidation sites excluding steroid dienone is 2. The molecule has 0 amide bonds. The molecule has 0 saturated carbocycles. The highest BCUT2D eigenvalue weighted by molar-refractivity contribution is 5.82. The van der Waals surface area contributed by atoms with Crippen molar-refractivity contribution in [1.82, 2.24) is 4.90 Å². The highest BCUT2D eigenvalue weighted by Crippen LogP contribution is 2.16. The van der Waals surface area contributed by atoms with Gasteiger partial charge in [0, 0.05) is 12.6 Å². The summed E-state index contributed by atoms with van der Waals surface area (Å²) in [6.45, 7) is 5.64. The van der Waals surface area contributed by atoms with Crippen molar-refractivity contribution in [3.05, 3.63) is 35.5 Å². The molecule has 0 aromatic heterocycles. The molecule has 1 unspecified atom stereocenters. The van der Waals surface area contributed by atoms with E-state index in [1.807, 2.05) is 31.9 Å². The van der Waals surface area contributed by atoms with Crippen LogP contribution in [0, 0.1) is 0 Å². The summed E-state index contributed by atoms with van der Waals surface area (Å²) in [5.74, 6) is -0.364. The van der Waals surface area contributed by atoms with E-state index in [0.717, 1.165) is 17.7 Å². The molecule has 1 rings (SSSR count). The second-order valence-electron chi connectivity index (χ2n) is 4.37. The first-order valence-electron chi connectivity index (χ1n) is 6.13. The van der Waals surface area contributed by atoms with Crippen LogP contribution in [0.5, 0.6) is 0 Å². The lowest BCUT2D eigenvalue weighted by Gasteiger charge is -2.21. The summed E-state index contributed by atoms with van der Waals surface area (Å²) in [7, 11) is 1.96. The van der Waals surface area contributed by atoms with Gasteiger partial charge in [0.2, 0.25) is 0 Å². The molecule has 0 radical (unpaired) electrons. The number of carbonyl (C=O) groups excluding carboxylic acids is 1. The molecule has 0 saturated heterocycles. The molecule has 100 valence electrons. The minimum Gasteiger partial charge on any atom is -0.458 e. The Labute approximate surface area is 108 Å². The smallest absolute Gasteiger partial charge is 0.331 e. The van der Waals surface area contributed by atoms with E-state index in [4.69, 9.17) is 4.74 Å². The van der Waals surface area contributed by atoms with Crippen molar-refractivity contribution >= 4 is 5.97 Å². The fourth-order valence-corrected chi connectivity index (χ4v) is 1.67. The van der Waals surface area contributed by atoms with Gasteiger partial charge in [-0.15, -0.1) is 0 Å². The van der Waals surface area contributed by atoms with Gasteiger partial charge in [-0.3, -0.25) is 0 Å². The molecule has 18 heavy (non-hydrogen) atoms. The van der Waals surface area contributed by atoms with Crippen molar-refractivity contribution in [1.29, 1.82) is 0 Å². The Hall–Kier alpha value is -1.39. The molecule has 1 atom stereocenters. The number of nitrogens with zero attached hydrogens (tertiary/aromatic N) is 1. The lowest BCUT2D eigenvalue weighted by Crippen LogP contribution is -2.30. The maximum Gasteiger partial charge on any atom is 0.331 e. The minimum absolute atomic E-state index is 0.239. The van der Waals surface area contributed by atoms with Crippen molar-refractivity contribution in [2.75, 3.05) is 26.7 Å². The van der Waals surface area contributed by atoms with Gasteiger partial charge in [0.25, 0.3) is 0 Å². The van der Waals surface area contributed by atoms with Crippen molar-refractivity contribution in [2.24, 2.45) is 0 Å². The van der Waals surface area contributed by atoms with Gasteiger partial charge >= 0.3 is 5.97 Å². The quantitative estimate of drug-likeness (QED) is 0.765. The summed E-state index contributed by atoms with van der Waals surface area (Å²) in [5, 5.41) is 10.2. The largest absolute Gasteiger partial charge is 0.458 e. The third-order valence-electron chi connectivity index (χ3n) is 2.96. The first kappa shape index (κ1) is 14.7. The minimum atomic E-state index is -0.566. The monoisotopic (exact) mass is 251 g/mol. The van der Waals surface area contributed by atoms with Crippen molar-refractivity contribution in [2.45, 2.75) is 20.0 Å². The molecule has 0 aliphatic carbocycles. The van der Waals surface area contributed by atoms with Crippen molar-refractivity contribution in [3.8, 4) is 0 Å². The number of aliphatic hydroxyl groups excluding tert-OH is 1. The van der Waals surface area contributed by atoms with Crippen LogP contribution in [0.25, 0.3) is 0 Å². The van der Waals surface area contributed by atoms with Crippen LogP contribution in [0.3, 0.4) is 0 Å².